The smallest absolute Gasteiger partial charge is 0.119 e. The Morgan fingerprint density at radius 2 is 0.711 bits per heavy atom. The number of ether oxygens (including phenoxy) is 1. The molecule has 0 radical (unpaired) electrons. The van der Waals surface area contributed by atoms with Gasteiger partial charge in [-0.1, -0.05) is 91.0 Å². The molecule has 6 rings (SSSR count). The first-order valence-electron chi connectivity index (χ1n) is 14.8. The molecule has 224 valence electrons. The lowest BCUT2D eigenvalue weighted by Gasteiger charge is -2.36. The van der Waals surface area contributed by atoms with Gasteiger partial charge < -0.3 is 25.2 Å². The minimum atomic E-state index is -0.756. The Morgan fingerprint density at radius 1 is 0.400 bits per heavy atom. The molecule has 0 aromatic heterocycles. The minimum absolute atomic E-state index is 0.174. The standard InChI is InChI=1S/C40H34O5/c1-39(28-7-17-34(41)18-8-28,29-9-19-35(42)20-10-29)30-15-25-38(26-16-30)45-27-40(31-5-3-2-4-6-31,32-11-21-36(43)22-12-32)33-13-23-37(44)24-14-33/h2-26,41-44H,27H2,1H3. The topological polar surface area (TPSA) is 90.2 Å². The first kappa shape index (κ1) is 29.4. The van der Waals surface area contributed by atoms with Gasteiger partial charge in [-0.3, -0.25) is 0 Å². The van der Waals surface area contributed by atoms with E-state index in [1.807, 2.05) is 91.0 Å². The molecule has 0 saturated carbocycles. The van der Waals surface area contributed by atoms with Gasteiger partial charge in [0.05, 0.1) is 5.41 Å². The molecule has 0 aliphatic rings. The van der Waals surface area contributed by atoms with E-state index in [1.54, 1.807) is 48.5 Å². The number of phenols is 4. The van der Waals surface area contributed by atoms with Crippen molar-refractivity contribution >= 4 is 0 Å². The molecule has 0 atom stereocenters. The molecule has 0 aliphatic heterocycles. The van der Waals surface area contributed by atoms with E-state index in [-0.39, 0.29) is 29.6 Å². The van der Waals surface area contributed by atoms with Gasteiger partial charge in [-0.25, -0.2) is 0 Å². The Balaban J connectivity index is 1.40. The number of hydrogen-bond donors (Lipinski definition) is 4. The van der Waals surface area contributed by atoms with Crippen LogP contribution in [0.4, 0.5) is 0 Å². The molecule has 0 aliphatic carbocycles. The summed E-state index contributed by atoms with van der Waals surface area (Å²) < 4.78 is 6.61. The Kier molecular flexibility index (Phi) is 7.93. The lowest BCUT2D eigenvalue weighted by molar-refractivity contribution is 0.265. The maximum absolute atomic E-state index is 10.1. The minimum Gasteiger partial charge on any atom is -0.508 e. The summed E-state index contributed by atoms with van der Waals surface area (Å²) in [6.45, 7) is 2.37. The van der Waals surface area contributed by atoms with Crippen molar-refractivity contribution in [3.05, 3.63) is 185 Å². The molecular formula is C40H34O5. The van der Waals surface area contributed by atoms with Gasteiger partial charge in [0.15, 0.2) is 0 Å². The van der Waals surface area contributed by atoms with Crippen LogP contribution in [-0.4, -0.2) is 27.0 Å². The van der Waals surface area contributed by atoms with Gasteiger partial charge >= 0.3 is 0 Å². The fourth-order valence-corrected chi connectivity index (χ4v) is 6.13. The fourth-order valence-electron chi connectivity index (χ4n) is 6.13. The Bertz CT molecular complexity index is 1750. The van der Waals surface area contributed by atoms with E-state index >= 15 is 0 Å². The fraction of sp³-hybridized carbons (Fsp3) is 0.100. The monoisotopic (exact) mass is 594 g/mol. The van der Waals surface area contributed by atoms with Crippen LogP contribution in [0.3, 0.4) is 0 Å². The van der Waals surface area contributed by atoms with Crippen LogP contribution in [0.15, 0.2) is 152 Å². The summed E-state index contributed by atoms with van der Waals surface area (Å²) in [5.74, 6) is 1.41. The van der Waals surface area contributed by atoms with E-state index in [9.17, 15) is 20.4 Å². The van der Waals surface area contributed by atoms with Gasteiger partial charge in [0.25, 0.3) is 0 Å². The van der Waals surface area contributed by atoms with Crippen LogP contribution in [0.25, 0.3) is 0 Å². The van der Waals surface area contributed by atoms with E-state index in [4.69, 9.17) is 4.74 Å². The summed E-state index contributed by atoms with van der Waals surface area (Å²) in [5, 5.41) is 40.1. The third-order valence-electron chi connectivity index (χ3n) is 8.76. The van der Waals surface area contributed by atoms with Gasteiger partial charge in [-0.15, -0.1) is 0 Å². The van der Waals surface area contributed by atoms with Gasteiger partial charge in [-0.2, -0.15) is 0 Å². The lowest BCUT2D eigenvalue weighted by Crippen LogP contribution is -2.36. The zero-order valence-corrected chi connectivity index (χ0v) is 24.8. The molecule has 45 heavy (non-hydrogen) atoms. The van der Waals surface area contributed by atoms with Crippen LogP contribution in [-0.2, 0) is 10.8 Å². The first-order chi connectivity index (χ1) is 21.8. The van der Waals surface area contributed by atoms with E-state index in [1.165, 1.54) is 0 Å². The highest BCUT2D eigenvalue weighted by molar-refractivity contribution is 5.54. The summed E-state index contributed by atoms with van der Waals surface area (Å²) in [4.78, 5) is 0. The molecule has 0 spiro atoms. The van der Waals surface area contributed by atoms with Crippen molar-refractivity contribution < 1.29 is 25.2 Å². The highest BCUT2D eigenvalue weighted by atomic mass is 16.5. The SMILES string of the molecule is CC(c1ccc(O)cc1)(c1ccc(O)cc1)c1ccc(OCC(c2ccccc2)(c2ccc(O)cc2)c2ccc(O)cc2)cc1. The molecule has 6 aromatic carbocycles. The van der Waals surface area contributed by atoms with Crippen LogP contribution in [0.5, 0.6) is 28.7 Å². The van der Waals surface area contributed by atoms with Crippen molar-refractivity contribution in [1.29, 1.82) is 0 Å². The second kappa shape index (κ2) is 12.1. The number of benzene rings is 6. The van der Waals surface area contributed by atoms with Gasteiger partial charge in [-0.05, 0) is 101 Å². The third-order valence-corrected chi connectivity index (χ3v) is 8.76. The van der Waals surface area contributed by atoms with Crippen molar-refractivity contribution in [3.63, 3.8) is 0 Å². The molecule has 5 heteroatoms. The zero-order chi connectivity index (χ0) is 31.4. The highest BCUT2D eigenvalue weighted by Gasteiger charge is 2.38. The molecule has 5 nitrogen and oxygen atoms in total. The Labute approximate surface area is 262 Å². The quantitative estimate of drug-likeness (QED) is 0.127. The normalized spacial score (nSPS) is 11.7. The Morgan fingerprint density at radius 3 is 1.09 bits per heavy atom. The molecule has 0 unspecified atom stereocenters. The molecule has 0 bridgehead atoms. The van der Waals surface area contributed by atoms with Crippen LogP contribution in [0.1, 0.15) is 40.3 Å². The molecule has 4 N–H and O–H groups in total. The van der Waals surface area contributed by atoms with Gasteiger partial charge in [0.2, 0.25) is 0 Å². The van der Waals surface area contributed by atoms with Crippen molar-refractivity contribution in [2.45, 2.75) is 17.8 Å². The second-order valence-corrected chi connectivity index (χ2v) is 11.4. The summed E-state index contributed by atoms with van der Waals surface area (Å²) in [7, 11) is 0. The molecule has 0 heterocycles. The van der Waals surface area contributed by atoms with Crippen LogP contribution < -0.4 is 4.74 Å². The summed E-state index contributed by atoms with van der Waals surface area (Å²) in [6.07, 6.45) is 0. The summed E-state index contributed by atoms with van der Waals surface area (Å²) in [6, 6.07) is 46.8. The number of aromatic hydroxyl groups is 4. The predicted octanol–water partition coefficient (Wildman–Crippen LogP) is 8.28. The number of rotatable bonds is 9. The van der Waals surface area contributed by atoms with E-state index in [2.05, 4.69) is 19.1 Å². The Hall–Kier alpha value is -5.68. The van der Waals surface area contributed by atoms with Gasteiger partial charge in [0.1, 0.15) is 35.4 Å². The first-order valence-corrected chi connectivity index (χ1v) is 14.8. The predicted molar refractivity (Wildman–Crippen MR) is 176 cm³/mol. The van der Waals surface area contributed by atoms with Crippen molar-refractivity contribution in [1.82, 2.24) is 0 Å². The van der Waals surface area contributed by atoms with Crippen molar-refractivity contribution in [3.8, 4) is 28.7 Å². The van der Waals surface area contributed by atoms with Gasteiger partial charge in [0, 0.05) is 5.41 Å². The lowest BCUT2D eigenvalue weighted by atomic mass is 9.70. The van der Waals surface area contributed by atoms with Crippen molar-refractivity contribution in [2.24, 2.45) is 0 Å². The third kappa shape index (κ3) is 5.68. The number of phenolic OH excluding ortho intramolecular Hbond substituents is 4. The van der Waals surface area contributed by atoms with Crippen molar-refractivity contribution in [2.75, 3.05) is 6.61 Å². The van der Waals surface area contributed by atoms with E-state index in [0.717, 1.165) is 33.4 Å². The average molecular weight is 595 g/mol. The maximum atomic E-state index is 10.1. The number of hydrogen-bond acceptors (Lipinski definition) is 5. The molecule has 0 fully saturated rings. The van der Waals surface area contributed by atoms with Crippen LogP contribution >= 0.6 is 0 Å². The van der Waals surface area contributed by atoms with E-state index < -0.39 is 10.8 Å². The average Bonchev–Trinajstić information content (AvgIpc) is 3.07. The molecule has 0 amide bonds. The molecular weight excluding hydrogens is 560 g/mol. The largest absolute Gasteiger partial charge is 0.508 e. The maximum Gasteiger partial charge on any atom is 0.119 e. The highest BCUT2D eigenvalue weighted by Crippen LogP contribution is 2.43. The zero-order valence-electron chi connectivity index (χ0n) is 24.8. The van der Waals surface area contributed by atoms with Crippen LogP contribution in [0.2, 0.25) is 0 Å². The molecule has 0 saturated heterocycles. The second-order valence-electron chi connectivity index (χ2n) is 11.4. The summed E-state index contributed by atoms with van der Waals surface area (Å²) >= 11 is 0. The summed E-state index contributed by atoms with van der Waals surface area (Å²) in [5.41, 5.74) is 4.52. The van der Waals surface area contributed by atoms with E-state index in [0.29, 0.717) is 5.75 Å². The van der Waals surface area contributed by atoms with Crippen LogP contribution in [0, 0.1) is 0 Å². The molecule has 6 aromatic rings.